The quantitative estimate of drug-likeness (QED) is 0.681. The number of anilines is 2. The highest BCUT2D eigenvalue weighted by Crippen LogP contribution is 2.24. The first-order chi connectivity index (χ1) is 14.5. The van der Waals surface area contributed by atoms with Gasteiger partial charge in [0, 0.05) is 31.0 Å². The fourth-order valence-corrected chi connectivity index (χ4v) is 3.66. The van der Waals surface area contributed by atoms with Crippen molar-refractivity contribution in [2.45, 2.75) is 26.1 Å². The number of rotatable bonds is 4. The maximum absolute atomic E-state index is 12.5. The summed E-state index contributed by atoms with van der Waals surface area (Å²) >= 11 is 6.18. The Morgan fingerprint density at radius 2 is 1.73 bits per heavy atom. The van der Waals surface area contributed by atoms with E-state index < -0.39 is 0 Å². The normalized spacial score (nSPS) is 18.8. The number of carbonyl (C=O) groups is 1. The zero-order valence-corrected chi connectivity index (χ0v) is 17.5. The molecular formula is C22H22ClN5O2. The van der Waals surface area contributed by atoms with Gasteiger partial charge in [-0.15, -0.1) is 0 Å². The van der Waals surface area contributed by atoms with E-state index in [2.05, 4.69) is 39.0 Å². The van der Waals surface area contributed by atoms with Crippen molar-refractivity contribution in [3.63, 3.8) is 0 Å². The molecule has 0 aliphatic carbocycles. The van der Waals surface area contributed by atoms with Crippen LogP contribution >= 0.6 is 11.6 Å². The predicted molar refractivity (Wildman–Crippen MR) is 117 cm³/mol. The minimum atomic E-state index is -0.302. The van der Waals surface area contributed by atoms with Crippen LogP contribution in [0.5, 0.6) is 0 Å². The van der Waals surface area contributed by atoms with Gasteiger partial charge in [0.2, 0.25) is 0 Å². The topological polar surface area (TPSA) is 80.2 Å². The van der Waals surface area contributed by atoms with Crippen molar-refractivity contribution in [1.82, 2.24) is 15.0 Å². The minimum absolute atomic E-state index is 0.156. The van der Waals surface area contributed by atoms with E-state index in [-0.39, 0.29) is 18.1 Å². The second-order valence-electron chi connectivity index (χ2n) is 7.30. The van der Waals surface area contributed by atoms with Gasteiger partial charge in [0.1, 0.15) is 5.82 Å². The number of hydrogen-bond donors (Lipinski definition) is 1. The smallest absolute Gasteiger partial charge is 0.258 e. The summed E-state index contributed by atoms with van der Waals surface area (Å²) in [5.41, 5.74) is 1.68. The van der Waals surface area contributed by atoms with Crippen LogP contribution in [-0.2, 0) is 4.74 Å². The van der Waals surface area contributed by atoms with E-state index in [9.17, 15) is 4.79 Å². The van der Waals surface area contributed by atoms with Crippen LogP contribution in [0, 0.1) is 0 Å². The molecule has 154 valence electrons. The fraction of sp³-hybridized carbons (Fsp3) is 0.273. The second kappa shape index (κ2) is 8.77. The summed E-state index contributed by atoms with van der Waals surface area (Å²) in [7, 11) is 0. The average molecular weight is 424 g/mol. The Bertz CT molecular complexity index is 1020. The Balaban J connectivity index is 1.42. The summed E-state index contributed by atoms with van der Waals surface area (Å²) in [5, 5.41) is 3.39. The van der Waals surface area contributed by atoms with Crippen molar-refractivity contribution in [1.29, 1.82) is 0 Å². The highest BCUT2D eigenvalue weighted by Gasteiger charge is 2.23. The van der Waals surface area contributed by atoms with Crippen LogP contribution in [0.4, 0.5) is 11.5 Å². The van der Waals surface area contributed by atoms with E-state index in [1.165, 1.54) is 12.4 Å². The lowest BCUT2D eigenvalue weighted by atomic mass is 10.2. The predicted octanol–water partition coefficient (Wildman–Crippen LogP) is 4.06. The molecule has 0 saturated carbocycles. The first-order valence-corrected chi connectivity index (χ1v) is 10.1. The molecular weight excluding hydrogens is 402 g/mol. The Labute approximate surface area is 180 Å². The third-order valence-electron chi connectivity index (χ3n) is 4.78. The lowest BCUT2D eigenvalue weighted by Gasteiger charge is -2.36. The van der Waals surface area contributed by atoms with Gasteiger partial charge in [-0.2, -0.15) is 0 Å². The minimum Gasteiger partial charge on any atom is -0.372 e. The van der Waals surface area contributed by atoms with Crippen molar-refractivity contribution < 1.29 is 9.53 Å². The summed E-state index contributed by atoms with van der Waals surface area (Å²) in [4.78, 5) is 27.7. The molecule has 1 fully saturated rings. The van der Waals surface area contributed by atoms with Crippen molar-refractivity contribution in [3.05, 3.63) is 65.6 Å². The van der Waals surface area contributed by atoms with Crippen LogP contribution in [0.15, 0.2) is 55.0 Å². The van der Waals surface area contributed by atoms with Gasteiger partial charge in [0.25, 0.3) is 5.91 Å². The highest BCUT2D eigenvalue weighted by molar-refractivity contribution is 6.33. The average Bonchev–Trinajstić information content (AvgIpc) is 2.74. The molecule has 1 aromatic carbocycles. The number of hydrogen-bond acceptors (Lipinski definition) is 6. The molecule has 1 N–H and O–H groups in total. The van der Waals surface area contributed by atoms with Crippen molar-refractivity contribution in [2.24, 2.45) is 0 Å². The number of nitrogens with one attached hydrogen (secondary N) is 1. The third-order valence-corrected chi connectivity index (χ3v) is 5.11. The molecule has 1 saturated heterocycles. The molecule has 1 aliphatic rings. The van der Waals surface area contributed by atoms with Crippen LogP contribution in [0.3, 0.4) is 0 Å². The molecule has 0 radical (unpaired) electrons. The van der Waals surface area contributed by atoms with Gasteiger partial charge in [-0.1, -0.05) is 23.7 Å². The molecule has 3 aromatic rings. The number of aromatic nitrogens is 3. The first-order valence-electron chi connectivity index (χ1n) is 9.74. The van der Waals surface area contributed by atoms with Crippen molar-refractivity contribution in [3.8, 4) is 11.4 Å². The summed E-state index contributed by atoms with van der Waals surface area (Å²) in [6.07, 6.45) is 4.93. The number of benzene rings is 1. The number of amides is 1. The Hall–Kier alpha value is -3.03. The van der Waals surface area contributed by atoms with Gasteiger partial charge in [-0.05, 0) is 38.1 Å². The molecule has 4 rings (SSSR count). The standard InChI is InChI=1S/C22H22ClN5O2/c1-14-12-28(13-15(2)30-14)20-8-7-17(11-24-20)27-22(29)16-9-25-21(26-10-16)18-5-3-4-6-19(18)23/h3-11,14-15H,12-13H2,1-2H3,(H,27,29). The number of ether oxygens (including phenoxy) is 1. The van der Waals surface area contributed by atoms with Gasteiger partial charge >= 0.3 is 0 Å². The summed E-state index contributed by atoms with van der Waals surface area (Å²) in [5.74, 6) is 1.03. The largest absolute Gasteiger partial charge is 0.372 e. The van der Waals surface area contributed by atoms with Crippen LogP contribution in [0.1, 0.15) is 24.2 Å². The lowest BCUT2D eigenvalue weighted by Crippen LogP contribution is -2.45. The zero-order chi connectivity index (χ0) is 21.1. The van der Waals surface area contributed by atoms with Crippen LogP contribution in [-0.4, -0.2) is 46.2 Å². The Morgan fingerprint density at radius 1 is 1.03 bits per heavy atom. The van der Waals surface area contributed by atoms with E-state index >= 15 is 0 Å². The SMILES string of the molecule is CC1CN(c2ccc(NC(=O)c3cnc(-c4ccccc4Cl)nc3)cn2)CC(C)O1. The summed E-state index contributed by atoms with van der Waals surface area (Å²) in [6, 6.07) is 11.0. The number of pyridine rings is 1. The molecule has 2 aromatic heterocycles. The van der Waals surface area contributed by atoms with Gasteiger partial charge in [0.05, 0.1) is 34.7 Å². The van der Waals surface area contributed by atoms with Gasteiger partial charge in [-0.3, -0.25) is 4.79 Å². The molecule has 1 amide bonds. The van der Waals surface area contributed by atoms with Crippen molar-refractivity contribution >= 4 is 29.0 Å². The van der Waals surface area contributed by atoms with Gasteiger partial charge in [-0.25, -0.2) is 15.0 Å². The van der Waals surface area contributed by atoms with Crippen LogP contribution in [0.25, 0.3) is 11.4 Å². The molecule has 30 heavy (non-hydrogen) atoms. The molecule has 0 bridgehead atoms. The molecule has 2 atom stereocenters. The summed E-state index contributed by atoms with van der Waals surface area (Å²) in [6.45, 7) is 5.68. The van der Waals surface area contributed by atoms with E-state index in [0.29, 0.717) is 22.1 Å². The number of halogens is 1. The fourth-order valence-electron chi connectivity index (χ4n) is 3.44. The third kappa shape index (κ3) is 4.58. The molecule has 8 heteroatoms. The van der Waals surface area contributed by atoms with Crippen molar-refractivity contribution in [2.75, 3.05) is 23.3 Å². The van der Waals surface area contributed by atoms with E-state index in [4.69, 9.17) is 16.3 Å². The Morgan fingerprint density at radius 3 is 2.37 bits per heavy atom. The van der Waals surface area contributed by atoms with E-state index in [0.717, 1.165) is 24.5 Å². The maximum Gasteiger partial charge on any atom is 0.258 e. The number of carbonyl (C=O) groups excluding carboxylic acids is 1. The molecule has 7 nitrogen and oxygen atoms in total. The van der Waals surface area contributed by atoms with E-state index in [1.54, 1.807) is 12.3 Å². The van der Waals surface area contributed by atoms with Gasteiger partial charge < -0.3 is 15.0 Å². The monoisotopic (exact) mass is 423 g/mol. The van der Waals surface area contributed by atoms with Crippen LogP contribution in [0.2, 0.25) is 5.02 Å². The van der Waals surface area contributed by atoms with Gasteiger partial charge in [0.15, 0.2) is 5.82 Å². The van der Waals surface area contributed by atoms with E-state index in [1.807, 2.05) is 30.3 Å². The molecule has 2 unspecified atom stereocenters. The molecule has 1 aliphatic heterocycles. The maximum atomic E-state index is 12.5. The lowest BCUT2D eigenvalue weighted by molar-refractivity contribution is -0.00545. The zero-order valence-electron chi connectivity index (χ0n) is 16.7. The Kier molecular flexibility index (Phi) is 5.92. The molecule has 0 spiro atoms. The number of nitrogens with zero attached hydrogens (tertiary/aromatic N) is 4. The summed E-state index contributed by atoms with van der Waals surface area (Å²) < 4.78 is 5.76. The van der Waals surface area contributed by atoms with Crippen LogP contribution < -0.4 is 10.2 Å². The number of morpholine rings is 1. The second-order valence-corrected chi connectivity index (χ2v) is 7.70. The molecule has 3 heterocycles. The first kappa shape index (κ1) is 20.3. The highest BCUT2D eigenvalue weighted by atomic mass is 35.5.